The fraction of sp³-hybridized carbons (Fsp3) is 0.333. The van der Waals surface area contributed by atoms with E-state index in [0.717, 1.165) is 12.0 Å². The highest BCUT2D eigenvalue weighted by Gasteiger charge is 2.34. The Labute approximate surface area is 128 Å². The van der Waals surface area contributed by atoms with E-state index < -0.39 is 6.04 Å². The van der Waals surface area contributed by atoms with Gasteiger partial charge >= 0.3 is 5.97 Å². The molecule has 2 aromatic rings. The molecule has 1 aromatic heterocycles. The molecule has 7 nitrogen and oxygen atoms in total. The number of anilines is 1. The summed E-state index contributed by atoms with van der Waals surface area (Å²) in [4.78, 5) is 12.5. The molecule has 2 heterocycles. The number of hydrogen-bond acceptors (Lipinski definition) is 6. The van der Waals surface area contributed by atoms with Crippen LogP contribution < -0.4 is 5.32 Å². The molecule has 0 fully saturated rings. The van der Waals surface area contributed by atoms with E-state index in [-0.39, 0.29) is 5.97 Å². The number of hydrogen-bond donors (Lipinski definition) is 1. The summed E-state index contributed by atoms with van der Waals surface area (Å²) in [6, 6.07) is 9.27. The van der Waals surface area contributed by atoms with Gasteiger partial charge in [0, 0.05) is 5.70 Å². The van der Waals surface area contributed by atoms with Gasteiger partial charge in [-0.3, -0.25) is 0 Å². The van der Waals surface area contributed by atoms with Crippen LogP contribution in [0.1, 0.15) is 31.9 Å². The number of aromatic nitrogens is 4. The van der Waals surface area contributed by atoms with Gasteiger partial charge in [-0.05, 0) is 29.3 Å². The van der Waals surface area contributed by atoms with E-state index in [1.165, 1.54) is 0 Å². The van der Waals surface area contributed by atoms with E-state index in [0.29, 0.717) is 23.8 Å². The molecule has 0 bridgehead atoms. The number of nitrogens with zero attached hydrogens (tertiary/aromatic N) is 4. The van der Waals surface area contributed by atoms with Crippen LogP contribution in [0, 0.1) is 0 Å². The zero-order chi connectivity index (χ0) is 15.5. The summed E-state index contributed by atoms with van der Waals surface area (Å²) >= 11 is 0. The van der Waals surface area contributed by atoms with Crippen molar-refractivity contribution in [2.75, 3.05) is 11.9 Å². The Bertz CT molecular complexity index is 708. The normalized spacial score (nSPS) is 16.9. The number of tetrazole rings is 1. The van der Waals surface area contributed by atoms with Crippen molar-refractivity contribution in [3.63, 3.8) is 0 Å². The van der Waals surface area contributed by atoms with E-state index >= 15 is 0 Å². The van der Waals surface area contributed by atoms with Crippen LogP contribution in [0.3, 0.4) is 0 Å². The zero-order valence-electron chi connectivity index (χ0n) is 12.5. The monoisotopic (exact) mass is 299 g/mol. The van der Waals surface area contributed by atoms with Crippen molar-refractivity contribution in [1.82, 2.24) is 20.2 Å². The molecule has 0 amide bonds. The van der Waals surface area contributed by atoms with Crippen LogP contribution in [0.25, 0.3) is 0 Å². The average Bonchev–Trinajstić information content (AvgIpc) is 2.99. The summed E-state index contributed by atoms with van der Waals surface area (Å²) in [5, 5.41) is 14.7. The van der Waals surface area contributed by atoms with Crippen LogP contribution in [0.4, 0.5) is 5.95 Å². The second-order valence-electron chi connectivity index (χ2n) is 5.06. The fourth-order valence-electron chi connectivity index (χ4n) is 2.49. The van der Waals surface area contributed by atoms with Gasteiger partial charge in [-0.15, -0.1) is 0 Å². The minimum absolute atomic E-state index is 0.346. The quantitative estimate of drug-likeness (QED) is 0.869. The lowest BCUT2D eigenvalue weighted by atomic mass is 9.96. The number of carbonyl (C=O) groups is 1. The van der Waals surface area contributed by atoms with Crippen LogP contribution in [-0.2, 0) is 9.53 Å². The average molecular weight is 299 g/mol. The first-order valence-electron chi connectivity index (χ1n) is 7.20. The van der Waals surface area contributed by atoms with Crippen LogP contribution >= 0.6 is 0 Å². The molecule has 1 N–H and O–H groups in total. The Morgan fingerprint density at radius 1 is 1.36 bits per heavy atom. The van der Waals surface area contributed by atoms with Gasteiger partial charge in [0.2, 0.25) is 5.95 Å². The number of carbonyl (C=O) groups excluding carboxylic acids is 1. The van der Waals surface area contributed by atoms with Crippen molar-refractivity contribution in [2.45, 2.75) is 26.3 Å². The topological polar surface area (TPSA) is 81.9 Å². The van der Waals surface area contributed by atoms with Gasteiger partial charge in [-0.1, -0.05) is 42.4 Å². The summed E-state index contributed by atoms with van der Waals surface area (Å²) in [6.07, 6.45) is 0.775. The molecule has 1 aliphatic heterocycles. The maximum absolute atomic E-state index is 12.5. The second-order valence-corrected chi connectivity index (χ2v) is 5.06. The molecule has 1 unspecified atom stereocenters. The standard InChI is InChI=1S/C15H17N5O2/c1-3-9-22-14(21)12-10(2)16-15-17-18-19-20(15)13(12)11-7-5-4-6-8-11/h4-8,13H,3,9H2,1-2H3,(H,16,17,19). The third-order valence-electron chi connectivity index (χ3n) is 3.49. The Morgan fingerprint density at radius 2 is 2.14 bits per heavy atom. The third-order valence-corrected chi connectivity index (χ3v) is 3.49. The molecule has 0 saturated carbocycles. The summed E-state index contributed by atoms with van der Waals surface area (Å²) in [7, 11) is 0. The molecule has 1 aromatic carbocycles. The SMILES string of the molecule is CCCOC(=O)C1=C(C)Nc2nnnn2C1c1ccccc1. The van der Waals surface area contributed by atoms with Crippen molar-refractivity contribution < 1.29 is 9.53 Å². The van der Waals surface area contributed by atoms with Gasteiger partial charge in [-0.2, -0.15) is 4.68 Å². The summed E-state index contributed by atoms with van der Waals surface area (Å²) < 4.78 is 6.93. The Morgan fingerprint density at radius 3 is 2.86 bits per heavy atom. The summed E-state index contributed by atoms with van der Waals surface area (Å²) in [6.45, 7) is 4.18. The van der Waals surface area contributed by atoms with E-state index in [2.05, 4.69) is 20.8 Å². The smallest absolute Gasteiger partial charge is 0.338 e. The number of rotatable bonds is 4. The fourth-order valence-corrected chi connectivity index (χ4v) is 2.49. The number of ether oxygens (including phenoxy) is 1. The first kappa shape index (κ1) is 14.2. The number of esters is 1. The van der Waals surface area contributed by atoms with Gasteiger partial charge in [0.1, 0.15) is 6.04 Å². The molecule has 0 spiro atoms. The maximum Gasteiger partial charge on any atom is 0.338 e. The molecular weight excluding hydrogens is 282 g/mol. The van der Waals surface area contributed by atoms with Crippen LogP contribution in [0.2, 0.25) is 0 Å². The van der Waals surface area contributed by atoms with Gasteiger partial charge in [0.15, 0.2) is 0 Å². The van der Waals surface area contributed by atoms with Gasteiger partial charge in [0.05, 0.1) is 12.2 Å². The highest BCUT2D eigenvalue weighted by atomic mass is 16.5. The number of benzene rings is 1. The second kappa shape index (κ2) is 5.97. The van der Waals surface area contributed by atoms with Crippen molar-refractivity contribution in [1.29, 1.82) is 0 Å². The van der Waals surface area contributed by atoms with Crippen LogP contribution in [0.5, 0.6) is 0 Å². The minimum Gasteiger partial charge on any atom is -0.462 e. The zero-order valence-corrected chi connectivity index (χ0v) is 12.5. The predicted octanol–water partition coefficient (Wildman–Crippen LogP) is 1.92. The van der Waals surface area contributed by atoms with Crippen molar-refractivity contribution in [2.24, 2.45) is 0 Å². The highest BCUT2D eigenvalue weighted by Crippen LogP contribution is 2.34. The Balaban J connectivity index is 2.06. The maximum atomic E-state index is 12.5. The molecule has 0 saturated heterocycles. The van der Waals surface area contributed by atoms with Crippen molar-refractivity contribution in [3.05, 3.63) is 47.2 Å². The molecule has 114 valence electrons. The lowest BCUT2D eigenvalue weighted by molar-refractivity contribution is -0.139. The number of allylic oxidation sites excluding steroid dienone is 1. The van der Waals surface area contributed by atoms with Gasteiger partial charge < -0.3 is 10.1 Å². The molecule has 1 atom stereocenters. The Hall–Kier alpha value is -2.70. The van der Waals surface area contributed by atoms with Crippen molar-refractivity contribution >= 4 is 11.9 Å². The molecular formula is C15H17N5O2. The first-order chi connectivity index (χ1) is 10.7. The molecule has 0 aliphatic carbocycles. The lowest BCUT2D eigenvalue weighted by Gasteiger charge is -2.27. The lowest BCUT2D eigenvalue weighted by Crippen LogP contribution is -2.29. The van der Waals surface area contributed by atoms with Crippen LogP contribution in [-0.4, -0.2) is 32.8 Å². The van der Waals surface area contributed by atoms with Gasteiger partial charge in [-0.25, -0.2) is 4.79 Å². The number of fused-ring (bicyclic) bond motifs is 1. The highest BCUT2D eigenvalue weighted by molar-refractivity contribution is 5.92. The number of nitrogens with one attached hydrogen (secondary N) is 1. The molecule has 0 radical (unpaired) electrons. The molecule has 22 heavy (non-hydrogen) atoms. The Kier molecular flexibility index (Phi) is 3.86. The molecule has 1 aliphatic rings. The molecule has 7 heteroatoms. The van der Waals surface area contributed by atoms with Crippen LogP contribution in [0.15, 0.2) is 41.6 Å². The van der Waals surface area contributed by atoms with E-state index in [4.69, 9.17) is 4.74 Å². The summed E-state index contributed by atoms with van der Waals surface area (Å²) in [5.41, 5.74) is 2.16. The molecule has 3 rings (SSSR count). The largest absolute Gasteiger partial charge is 0.462 e. The van der Waals surface area contributed by atoms with E-state index in [9.17, 15) is 4.79 Å². The summed E-state index contributed by atoms with van der Waals surface area (Å²) in [5.74, 6) is 0.167. The first-order valence-corrected chi connectivity index (χ1v) is 7.20. The van der Waals surface area contributed by atoms with Crippen molar-refractivity contribution in [3.8, 4) is 0 Å². The van der Waals surface area contributed by atoms with E-state index in [1.807, 2.05) is 44.2 Å². The van der Waals surface area contributed by atoms with Gasteiger partial charge in [0.25, 0.3) is 0 Å². The third kappa shape index (κ3) is 2.45. The van der Waals surface area contributed by atoms with E-state index in [1.54, 1.807) is 4.68 Å². The minimum atomic E-state index is -0.392. The predicted molar refractivity (Wildman–Crippen MR) is 80.0 cm³/mol.